The van der Waals surface area contributed by atoms with Crippen LogP contribution < -0.4 is 5.32 Å². The van der Waals surface area contributed by atoms with E-state index in [0.29, 0.717) is 5.56 Å². The smallest absolute Gasteiger partial charge is 0.244 e. The van der Waals surface area contributed by atoms with Crippen molar-refractivity contribution in [3.05, 3.63) is 41.7 Å². The van der Waals surface area contributed by atoms with E-state index < -0.39 is 5.60 Å². The highest BCUT2D eigenvalue weighted by Crippen LogP contribution is 2.26. The number of hydrogen-bond acceptors (Lipinski definition) is 2. The summed E-state index contributed by atoms with van der Waals surface area (Å²) in [6.45, 7) is 0.257. The normalized spacial score (nSPS) is 18.4. The average molecular weight is 291 g/mol. The molecule has 21 heavy (non-hydrogen) atoms. The third kappa shape index (κ3) is 4.97. The van der Waals surface area contributed by atoms with E-state index in [1.54, 1.807) is 18.2 Å². The van der Waals surface area contributed by atoms with Gasteiger partial charge in [-0.3, -0.25) is 4.79 Å². The highest BCUT2D eigenvalue weighted by molar-refractivity contribution is 5.91. The molecule has 0 atom stereocenters. The Morgan fingerprint density at radius 2 is 1.90 bits per heavy atom. The number of halogens is 1. The second kappa shape index (κ2) is 7.36. The molecular weight excluding hydrogens is 269 g/mol. The summed E-state index contributed by atoms with van der Waals surface area (Å²) in [6, 6.07) is 6.28. The molecule has 1 aliphatic carbocycles. The van der Waals surface area contributed by atoms with Crippen LogP contribution in [0.4, 0.5) is 4.39 Å². The van der Waals surface area contributed by atoms with E-state index in [2.05, 4.69) is 5.32 Å². The number of nitrogens with one attached hydrogen (secondary N) is 1. The molecule has 0 unspecified atom stereocenters. The first-order valence-electron chi connectivity index (χ1n) is 7.52. The lowest BCUT2D eigenvalue weighted by Gasteiger charge is -2.26. The molecule has 2 rings (SSSR count). The maximum Gasteiger partial charge on any atom is 0.244 e. The topological polar surface area (TPSA) is 49.3 Å². The minimum Gasteiger partial charge on any atom is -0.388 e. The fraction of sp³-hybridized carbons (Fsp3) is 0.471. The number of carbonyl (C=O) groups excluding carboxylic acids is 1. The van der Waals surface area contributed by atoms with Crippen LogP contribution in [0, 0.1) is 5.82 Å². The second-order valence-electron chi connectivity index (χ2n) is 5.71. The van der Waals surface area contributed by atoms with Crippen LogP contribution in [-0.4, -0.2) is 23.2 Å². The van der Waals surface area contributed by atoms with Gasteiger partial charge < -0.3 is 10.4 Å². The van der Waals surface area contributed by atoms with Crippen LogP contribution >= 0.6 is 0 Å². The summed E-state index contributed by atoms with van der Waals surface area (Å²) >= 11 is 0. The molecule has 1 amide bonds. The Morgan fingerprint density at radius 1 is 1.24 bits per heavy atom. The first-order chi connectivity index (χ1) is 10.1. The fourth-order valence-corrected chi connectivity index (χ4v) is 2.65. The summed E-state index contributed by atoms with van der Waals surface area (Å²) in [7, 11) is 0. The van der Waals surface area contributed by atoms with E-state index >= 15 is 0 Å². The lowest BCUT2D eigenvalue weighted by molar-refractivity contribution is -0.117. The minimum absolute atomic E-state index is 0.257. The van der Waals surface area contributed by atoms with Crippen LogP contribution in [0.2, 0.25) is 0 Å². The van der Waals surface area contributed by atoms with Gasteiger partial charge in [0.2, 0.25) is 5.91 Å². The van der Waals surface area contributed by atoms with Crippen molar-refractivity contribution >= 4 is 12.0 Å². The molecule has 114 valence electrons. The van der Waals surface area contributed by atoms with Crippen molar-refractivity contribution in [3.8, 4) is 0 Å². The zero-order valence-electron chi connectivity index (χ0n) is 12.1. The third-order valence-corrected chi connectivity index (χ3v) is 3.95. The molecule has 0 aliphatic heterocycles. The quantitative estimate of drug-likeness (QED) is 0.661. The van der Waals surface area contributed by atoms with Crippen molar-refractivity contribution in [2.24, 2.45) is 0 Å². The molecule has 0 heterocycles. The molecule has 1 aliphatic rings. The number of rotatable bonds is 4. The van der Waals surface area contributed by atoms with Gasteiger partial charge in [-0.25, -0.2) is 4.39 Å². The highest BCUT2D eigenvalue weighted by Gasteiger charge is 2.27. The van der Waals surface area contributed by atoms with Gasteiger partial charge in [-0.15, -0.1) is 0 Å². The largest absolute Gasteiger partial charge is 0.388 e. The van der Waals surface area contributed by atoms with E-state index in [1.165, 1.54) is 18.2 Å². The molecule has 0 spiro atoms. The first-order valence-corrected chi connectivity index (χ1v) is 7.52. The van der Waals surface area contributed by atoms with Crippen LogP contribution in [-0.2, 0) is 4.79 Å². The summed E-state index contributed by atoms with van der Waals surface area (Å²) < 4.78 is 13.4. The van der Waals surface area contributed by atoms with Gasteiger partial charge in [-0.2, -0.15) is 0 Å². The van der Waals surface area contributed by atoms with Gasteiger partial charge in [-0.05, 0) is 25.0 Å². The number of carbonyl (C=O) groups is 1. The third-order valence-electron chi connectivity index (χ3n) is 3.95. The summed E-state index contributed by atoms with van der Waals surface area (Å²) in [5.74, 6) is -0.667. The summed E-state index contributed by atoms with van der Waals surface area (Å²) in [5, 5.41) is 13.1. The Kier molecular flexibility index (Phi) is 5.51. The summed E-state index contributed by atoms with van der Waals surface area (Å²) in [5.41, 5.74) is -0.418. The Labute approximate surface area is 124 Å². The fourth-order valence-electron chi connectivity index (χ4n) is 2.65. The van der Waals surface area contributed by atoms with Crippen molar-refractivity contribution in [1.29, 1.82) is 0 Å². The number of hydrogen-bond donors (Lipinski definition) is 2. The Hall–Kier alpha value is -1.68. The minimum atomic E-state index is -0.794. The molecule has 3 nitrogen and oxygen atoms in total. The standard InChI is InChI=1S/C17H22FNO2/c18-15-8-4-3-7-14(15)9-10-16(20)19-13-17(21)11-5-1-2-6-12-17/h3-4,7-10,21H,1-2,5-6,11-13H2,(H,19,20). The van der Waals surface area contributed by atoms with Crippen LogP contribution in [0.25, 0.3) is 6.08 Å². The number of amides is 1. The monoisotopic (exact) mass is 291 g/mol. The molecule has 1 saturated carbocycles. The molecule has 1 aromatic carbocycles. The molecule has 0 radical (unpaired) electrons. The van der Waals surface area contributed by atoms with Gasteiger partial charge in [0, 0.05) is 18.2 Å². The van der Waals surface area contributed by atoms with Gasteiger partial charge in [0.25, 0.3) is 0 Å². The van der Waals surface area contributed by atoms with Gasteiger partial charge >= 0.3 is 0 Å². The van der Waals surface area contributed by atoms with Crippen LogP contribution in [0.3, 0.4) is 0 Å². The van der Waals surface area contributed by atoms with Crippen LogP contribution in [0.1, 0.15) is 44.1 Å². The van der Waals surface area contributed by atoms with E-state index in [9.17, 15) is 14.3 Å². The van der Waals surface area contributed by atoms with Crippen LogP contribution in [0.15, 0.2) is 30.3 Å². The Bertz CT molecular complexity index is 505. The lowest BCUT2D eigenvalue weighted by atomic mass is 9.94. The van der Waals surface area contributed by atoms with E-state index in [4.69, 9.17) is 0 Å². The van der Waals surface area contributed by atoms with E-state index in [1.807, 2.05) is 0 Å². The summed E-state index contributed by atoms with van der Waals surface area (Å²) in [6.07, 6.45) is 8.48. The molecule has 4 heteroatoms. The van der Waals surface area contributed by atoms with Gasteiger partial charge in [0.1, 0.15) is 5.82 Å². The maximum absolute atomic E-state index is 13.4. The van der Waals surface area contributed by atoms with Gasteiger partial charge in [0.05, 0.1) is 5.60 Å². The molecule has 0 bridgehead atoms. The second-order valence-corrected chi connectivity index (χ2v) is 5.71. The lowest BCUT2D eigenvalue weighted by Crippen LogP contribution is -2.42. The predicted molar refractivity (Wildman–Crippen MR) is 81.1 cm³/mol. The molecule has 1 fully saturated rings. The predicted octanol–water partition coefficient (Wildman–Crippen LogP) is 3.04. The number of benzene rings is 1. The van der Waals surface area contributed by atoms with Crippen molar-refractivity contribution in [3.63, 3.8) is 0 Å². The first kappa shape index (κ1) is 15.7. The zero-order chi connectivity index (χ0) is 15.1. The number of aliphatic hydroxyl groups is 1. The van der Waals surface area contributed by atoms with Crippen molar-refractivity contribution in [2.45, 2.75) is 44.1 Å². The van der Waals surface area contributed by atoms with E-state index in [-0.39, 0.29) is 18.3 Å². The molecular formula is C17H22FNO2. The molecule has 0 saturated heterocycles. The van der Waals surface area contributed by atoms with Crippen LogP contribution in [0.5, 0.6) is 0 Å². The molecule has 1 aromatic rings. The van der Waals surface area contributed by atoms with Crippen molar-refractivity contribution in [1.82, 2.24) is 5.32 Å². The van der Waals surface area contributed by atoms with Gasteiger partial charge in [-0.1, -0.05) is 43.9 Å². The van der Waals surface area contributed by atoms with Crippen molar-refractivity contribution in [2.75, 3.05) is 6.54 Å². The average Bonchev–Trinajstić information content (AvgIpc) is 2.70. The van der Waals surface area contributed by atoms with Crippen molar-refractivity contribution < 1.29 is 14.3 Å². The Balaban J connectivity index is 1.86. The molecule has 0 aromatic heterocycles. The van der Waals surface area contributed by atoms with Gasteiger partial charge in [0.15, 0.2) is 0 Å². The Morgan fingerprint density at radius 3 is 2.57 bits per heavy atom. The van der Waals surface area contributed by atoms with E-state index in [0.717, 1.165) is 38.5 Å². The SMILES string of the molecule is O=C(C=Cc1ccccc1F)NCC1(O)CCCCCC1. The summed E-state index contributed by atoms with van der Waals surface area (Å²) in [4.78, 5) is 11.8. The zero-order valence-corrected chi connectivity index (χ0v) is 12.1. The molecule has 2 N–H and O–H groups in total. The highest BCUT2D eigenvalue weighted by atomic mass is 19.1. The maximum atomic E-state index is 13.4.